The number of pyridine rings is 1. The minimum absolute atomic E-state index is 0.0239. The number of amides is 1. The molecule has 0 fully saturated rings. The molecule has 3 rings (SSSR count). The number of hydrogen-bond donors (Lipinski definition) is 1. The first kappa shape index (κ1) is 20.3. The van der Waals surface area contributed by atoms with Crippen molar-refractivity contribution in [2.75, 3.05) is 14.2 Å². The van der Waals surface area contributed by atoms with Gasteiger partial charge in [0.15, 0.2) is 4.90 Å². The lowest BCUT2D eigenvalue weighted by Gasteiger charge is -2.14. The third-order valence-electron chi connectivity index (χ3n) is 4.20. The Balaban J connectivity index is 1.86. The SMILES string of the molecule is COc1cccc(OC)c1S(=O)(=O)NC(=O)c1ccc(Cn2cccn2)c(C)n1. The monoisotopic (exact) mass is 416 g/mol. The van der Waals surface area contributed by atoms with Crippen molar-refractivity contribution >= 4 is 15.9 Å². The van der Waals surface area contributed by atoms with E-state index in [0.717, 1.165) is 5.56 Å². The average Bonchev–Trinajstić information content (AvgIpc) is 3.21. The molecular weight excluding hydrogens is 396 g/mol. The Morgan fingerprint density at radius 2 is 1.79 bits per heavy atom. The molecule has 0 aliphatic heterocycles. The van der Waals surface area contributed by atoms with Gasteiger partial charge in [-0.1, -0.05) is 12.1 Å². The third-order valence-corrected chi connectivity index (χ3v) is 5.59. The predicted octanol–water partition coefficient (Wildman–Crippen LogP) is 1.77. The zero-order chi connectivity index (χ0) is 21.0. The summed E-state index contributed by atoms with van der Waals surface area (Å²) in [6, 6.07) is 9.51. The Morgan fingerprint density at radius 3 is 2.34 bits per heavy atom. The minimum Gasteiger partial charge on any atom is -0.495 e. The highest BCUT2D eigenvalue weighted by atomic mass is 32.2. The van der Waals surface area contributed by atoms with Crippen molar-refractivity contribution in [2.45, 2.75) is 18.4 Å². The van der Waals surface area contributed by atoms with Crippen LogP contribution in [0.1, 0.15) is 21.7 Å². The van der Waals surface area contributed by atoms with Crippen LogP contribution < -0.4 is 14.2 Å². The summed E-state index contributed by atoms with van der Waals surface area (Å²) in [7, 11) is -1.60. The van der Waals surface area contributed by atoms with Gasteiger partial charge in [0.25, 0.3) is 15.9 Å². The quantitative estimate of drug-likeness (QED) is 0.625. The number of carbonyl (C=O) groups is 1. The highest BCUT2D eigenvalue weighted by molar-refractivity contribution is 7.90. The zero-order valence-corrected chi connectivity index (χ0v) is 16.9. The Bertz CT molecular complexity index is 1110. The van der Waals surface area contributed by atoms with E-state index in [1.165, 1.54) is 32.4 Å². The standard InChI is InChI=1S/C19H20N4O5S/c1-13-14(12-23-11-5-10-20-23)8-9-15(21-13)19(24)22-29(25,26)18-16(27-2)6-4-7-17(18)28-3/h4-11H,12H2,1-3H3,(H,22,24). The number of sulfonamides is 1. The summed E-state index contributed by atoms with van der Waals surface area (Å²) >= 11 is 0. The fraction of sp³-hybridized carbons (Fsp3) is 0.211. The van der Waals surface area contributed by atoms with Crippen molar-refractivity contribution in [3.63, 3.8) is 0 Å². The number of methoxy groups -OCH3 is 2. The van der Waals surface area contributed by atoms with E-state index >= 15 is 0 Å². The van der Waals surface area contributed by atoms with Gasteiger partial charge in [-0.3, -0.25) is 9.48 Å². The first-order valence-electron chi connectivity index (χ1n) is 8.58. The first-order valence-corrected chi connectivity index (χ1v) is 10.1. The Morgan fingerprint density at radius 1 is 1.10 bits per heavy atom. The highest BCUT2D eigenvalue weighted by Crippen LogP contribution is 2.32. The number of nitrogens with zero attached hydrogens (tertiary/aromatic N) is 3. The lowest BCUT2D eigenvalue weighted by molar-refractivity contribution is 0.0976. The van der Waals surface area contributed by atoms with Crippen LogP contribution >= 0.6 is 0 Å². The van der Waals surface area contributed by atoms with Gasteiger partial charge in [-0.25, -0.2) is 18.1 Å². The van der Waals surface area contributed by atoms with Crippen LogP contribution in [0.3, 0.4) is 0 Å². The Labute approximate surface area is 168 Å². The molecule has 2 aromatic heterocycles. The number of benzene rings is 1. The molecule has 0 atom stereocenters. The number of rotatable bonds is 7. The van der Waals surface area contributed by atoms with E-state index in [2.05, 4.69) is 10.1 Å². The van der Waals surface area contributed by atoms with Crippen LogP contribution in [0, 0.1) is 6.92 Å². The van der Waals surface area contributed by atoms with Crippen molar-refractivity contribution in [1.82, 2.24) is 19.5 Å². The van der Waals surface area contributed by atoms with Gasteiger partial charge in [-0.15, -0.1) is 0 Å². The lowest BCUT2D eigenvalue weighted by Crippen LogP contribution is -2.32. The third kappa shape index (κ3) is 4.37. The summed E-state index contributed by atoms with van der Waals surface area (Å²) in [5.74, 6) is -0.738. The van der Waals surface area contributed by atoms with Gasteiger partial charge in [0.05, 0.1) is 20.8 Å². The molecule has 9 nitrogen and oxygen atoms in total. The molecule has 0 bridgehead atoms. The molecule has 0 aliphatic carbocycles. The average molecular weight is 416 g/mol. The summed E-state index contributed by atoms with van der Waals surface area (Å²) in [5, 5.41) is 4.13. The molecule has 10 heteroatoms. The molecule has 1 aromatic carbocycles. The molecule has 0 saturated heterocycles. The van der Waals surface area contributed by atoms with Crippen LogP contribution in [0.15, 0.2) is 53.7 Å². The zero-order valence-electron chi connectivity index (χ0n) is 16.1. The highest BCUT2D eigenvalue weighted by Gasteiger charge is 2.27. The topological polar surface area (TPSA) is 112 Å². The summed E-state index contributed by atoms with van der Waals surface area (Å²) in [5.41, 5.74) is 1.43. The number of hydrogen-bond acceptors (Lipinski definition) is 7. The van der Waals surface area contributed by atoms with E-state index in [1.54, 1.807) is 29.9 Å². The van der Waals surface area contributed by atoms with Crippen molar-refractivity contribution in [3.8, 4) is 11.5 Å². The maximum absolute atomic E-state index is 12.8. The second-order valence-electron chi connectivity index (χ2n) is 6.07. The fourth-order valence-electron chi connectivity index (χ4n) is 2.76. The van der Waals surface area contributed by atoms with E-state index in [1.807, 2.05) is 17.0 Å². The summed E-state index contributed by atoms with van der Waals surface area (Å²) < 4.78 is 39.6. The largest absolute Gasteiger partial charge is 0.495 e. The van der Waals surface area contributed by atoms with Crippen LogP contribution in [-0.4, -0.2) is 43.3 Å². The number of carbonyl (C=O) groups excluding carboxylic acids is 1. The Kier molecular flexibility index (Phi) is 5.83. The molecule has 1 N–H and O–H groups in total. The lowest BCUT2D eigenvalue weighted by atomic mass is 10.2. The predicted molar refractivity (Wildman–Crippen MR) is 105 cm³/mol. The molecule has 1 amide bonds. The summed E-state index contributed by atoms with van der Waals surface area (Å²) in [6.45, 7) is 2.23. The molecule has 152 valence electrons. The van der Waals surface area contributed by atoms with Crippen LogP contribution in [0.4, 0.5) is 0 Å². The second kappa shape index (κ2) is 8.31. The van der Waals surface area contributed by atoms with Crippen molar-refractivity contribution in [1.29, 1.82) is 0 Å². The smallest absolute Gasteiger partial charge is 0.283 e. The molecular formula is C19H20N4O5S. The van der Waals surface area contributed by atoms with E-state index in [-0.39, 0.29) is 22.1 Å². The van der Waals surface area contributed by atoms with E-state index in [4.69, 9.17) is 9.47 Å². The molecule has 0 spiro atoms. The maximum Gasteiger partial charge on any atom is 0.283 e. The molecule has 2 heterocycles. The number of aromatic nitrogens is 3. The first-order chi connectivity index (χ1) is 13.9. The molecule has 0 unspecified atom stereocenters. The normalized spacial score (nSPS) is 11.1. The summed E-state index contributed by atoms with van der Waals surface area (Å²) in [4.78, 5) is 16.5. The van der Waals surface area contributed by atoms with E-state index in [0.29, 0.717) is 12.2 Å². The van der Waals surface area contributed by atoms with Crippen LogP contribution in [0.25, 0.3) is 0 Å². The van der Waals surface area contributed by atoms with E-state index in [9.17, 15) is 13.2 Å². The molecule has 0 aliphatic rings. The number of nitrogens with one attached hydrogen (secondary N) is 1. The Hall–Kier alpha value is -3.40. The van der Waals surface area contributed by atoms with Crippen LogP contribution in [-0.2, 0) is 16.6 Å². The van der Waals surface area contributed by atoms with Gasteiger partial charge in [-0.05, 0) is 36.8 Å². The van der Waals surface area contributed by atoms with Gasteiger partial charge < -0.3 is 9.47 Å². The number of ether oxygens (including phenoxy) is 2. The minimum atomic E-state index is -4.26. The number of aryl methyl sites for hydroxylation is 1. The molecule has 29 heavy (non-hydrogen) atoms. The van der Waals surface area contributed by atoms with Gasteiger partial charge in [0.2, 0.25) is 0 Å². The van der Waals surface area contributed by atoms with E-state index < -0.39 is 15.9 Å². The maximum atomic E-state index is 12.8. The fourth-order valence-corrected chi connectivity index (χ4v) is 4.04. The van der Waals surface area contributed by atoms with Crippen molar-refractivity contribution < 1.29 is 22.7 Å². The van der Waals surface area contributed by atoms with Gasteiger partial charge in [0.1, 0.15) is 17.2 Å². The molecule has 0 saturated carbocycles. The van der Waals surface area contributed by atoms with Gasteiger partial charge in [-0.2, -0.15) is 5.10 Å². The summed E-state index contributed by atoms with van der Waals surface area (Å²) in [6.07, 6.45) is 3.48. The van der Waals surface area contributed by atoms with Gasteiger partial charge in [0, 0.05) is 18.1 Å². The van der Waals surface area contributed by atoms with Crippen LogP contribution in [0.2, 0.25) is 0 Å². The van der Waals surface area contributed by atoms with Crippen molar-refractivity contribution in [3.05, 3.63) is 65.7 Å². The second-order valence-corrected chi connectivity index (χ2v) is 7.69. The van der Waals surface area contributed by atoms with Crippen molar-refractivity contribution in [2.24, 2.45) is 0 Å². The van der Waals surface area contributed by atoms with Crippen LogP contribution in [0.5, 0.6) is 11.5 Å². The van der Waals surface area contributed by atoms with Gasteiger partial charge >= 0.3 is 0 Å². The molecule has 0 radical (unpaired) electrons. The molecule has 3 aromatic rings.